The summed E-state index contributed by atoms with van der Waals surface area (Å²) in [6.07, 6.45) is 4.23. The van der Waals surface area contributed by atoms with Crippen molar-refractivity contribution in [3.63, 3.8) is 0 Å². The van der Waals surface area contributed by atoms with E-state index in [1.807, 2.05) is 0 Å². The summed E-state index contributed by atoms with van der Waals surface area (Å²) in [4.78, 5) is 11.4. The Labute approximate surface area is 81.9 Å². The second kappa shape index (κ2) is 3.77. The Morgan fingerprint density at radius 2 is 2.29 bits per heavy atom. The van der Waals surface area contributed by atoms with Crippen LogP contribution in [0.2, 0.25) is 0 Å². The first-order valence-electron chi connectivity index (χ1n) is 4.27. The number of carbonyl (C=O) groups excluding carboxylic acids is 1. The van der Waals surface area contributed by atoms with Gasteiger partial charge in [0.05, 0.1) is 7.05 Å². The normalized spacial score (nSPS) is 11.4. The third-order valence-electron chi connectivity index (χ3n) is 1.67. The van der Waals surface area contributed by atoms with Crippen molar-refractivity contribution in [2.24, 2.45) is 7.05 Å². The van der Waals surface area contributed by atoms with Crippen molar-refractivity contribution in [1.29, 1.82) is 0 Å². The molecule has 0 aromatic carbocycles. The largest absolute Gasteiger partial charge is 0.512 e. The molecule has 0 bridgehead atoms. The van der Waals surface area contributed by atoms with Gasteiger partial charge >= 0.3 is 6.09 Å². The van der Waals surface area contributed by atoms with Crippen LogP contribution in [-0.2, 0) is 11.8 Å². The molecule has 0 saturated carbocycles. The number of rotatable bonds is 2. The quantitative estimate of drug-likeness (QED) is 0.670. The van der Waals surface area contributed by atoms with Crippen molar-refractivity contribution in [3.8, 4) is 0 Å². The molecule has 0 spiro atoms. The van der Waals surface area contributed by atoms with Crippen LogP contribution >= 0.6 is 0 Å². The molecule has 0 unspecified atom stereocenters. The van der Waals surface area contributed by atoms with Crippen molar-refractivity contribution >= 4 is 6.09 Å². The third-order valence-corrected chi connectivity index (χ3v) is 1.67. The number of hydrogen-bond donors (Lipinski definition) is 0. The van der Waals surface area contributed by atoms with E-state index in [2.05, 4.69) is 0 Å². The van der Waals surface area contributed by atoms with Gasteiger partial charge in [-0.1, -0.05) is 0 Å². The van der Waals surface area contributed by atoms with E-state index in [0.717, 1.165) is 0 Å². The van der Waals surface area contributed by atoms with Gasteiger partial charge in [0.2, 0.25) is 0 Å². The molecule has 78 valence electrons. The molecule has 4 nitrogen and oxygen atoms in total. The summed E-state index contributed by atoms with van der Waals surface area (Å²) in [5.41, 5.74) is -1.07. The highest BCUT2D eigenvalue weighted by Crippen LogP contribution is 2.10. The van der Waals surface area contributed by atoms with E-state index in [1.165, 1.54) is 18.4 Å². The molecular formula is C9H14FN2O2+. The van der Waals surface area contributed by atoms with Gasteiger partial charge in [-0.05, 0) is 13.8 Å². The number of carbonyl (C=O) groups is 1. The molecule has 0 N–H and O–H groups in total. The van der Waals surface area contributed by atoms with E-state index >= 15 is 0 Å². The number of aromatic nitrogens is 2. The van der Waals surface area contributed by atoms with Crippen molar-refractivity contribution in [2.75, 3.05) is 6.67 Å². The number of nitrogens with zero attached hydrogens (tertiary/aromatic N) is 2. The Balaban J connectivity index is 2.68. The van der Waals surface area contributed by atoms with Crippen molar-refractivity contribution in [1.82, 2.24) is 4.57 Å². The average Bonchev–Trinajstić information content (AvgIpc) is 2.51. The molecule has 0 atom stereocenters. The zero-order chi connectivity index (χ0) is 10.8. The maximum Gasteiger partial charge on any atom is 0.512 e. The first-order valence-corrected chi connectivity index (χ1v) is 4.27. The zero-order valence-electron chi connectivity index (χ0n) is 8.53. The van der Waals surface area contributed by atoms with Crippen LogP contribution in [-0.4, -0.2) is 22.9 Å². The van der Waals surface area contributed by atoms with Crippen LogP contribution in [0.1, 0.15) is 13.8 Å². The van der Waals surface area contributed by atoms with Crippen molar-refractivity contribution in [3.05, 3.63) is 18.7 Å². The second-order valence-corrected chi connectivity index (χ2v) is 3.75. The predicted molar refractivity (Wildman–Crippen MR) is 47.5 cm³/mol. The topological polar surface area (TPSA) is 35.1 Å². The maximum absolute atomic E-state index is 12.4. The molecule has 1 aromatic rings. The summed E-state index contributed by atoms with van der Waals surface area (Å²) >= 11 is 0. The molecule has 0 aliphatic carbocycles. The van der Waals surface area contributed by atoms with Gasteiger partial charge in [0.15, 0.2) is 0 Å². The molecule has 5 heteroatoms. The highest BCUT2D eigenvalue weighted by Gasteiger charge is 2.26. The molecule has 0 fully saturated rings. The van der Waals surface area contributed by atoms with Crippen molar-refractivity contribution < 1.29 is 18.5 Å². The summed E-state index contributed by atoms with van der Waals surface area (Å²) in [6.45, 7) is 2.34. The smallest absolute Gasteiger partial charge is 0.422 e. The minimum Gasteiger partial charge on any atom is -0.422 e. The lowest BCUT2D eigenvalue weighted by molar-refractivity contribution is -0.670. The molecular weight excluding hydrogens is 187 g/mol. The van der Waals surface area contributed by atoms with Gasteiger partial charge in [0.25, 0.3) is 6.33 Å². The van der Waals surface area contributed by atoms with Gasteiger partial charge in [-0.2, -0.15) is 4.79 Å². The van der Waals surface area contributed by atoms with Gasteiger partial charge in [-0.15, -0.1) is 4.57 Å². The van der Waals surface area contributed by atoms with E-state index in [4.69, 9.17) is 4.74 Å². The van der Waals surface area contributed by atoms with Gasteiger partial charge in [0.1, 0.15) is 24.7 Å². The fourth-order valence-corrected chi connectivity index (χ4v) is 0.875. The van der Waals surface area contributed by atoms with E-state index in [1.54, 1.807) is 30.3 Å². The summed E-state index contributed by atoms with van der Waals surface area (Å²) in [5.74, 6) is 0. The maximum atomic E-state index is 12.4. The van der Waals surface area contributed by atoms with Gasteiger partial charge in [-0.3, -0.25) is 0 Å². The molecule has 0 aliphatic heterocycles. The number of imidazole rings is 1. The summed E-state index contributed by atoms with van der Waals surface area (Å²) < 4.78 is 20.2. The SMILES string of the molecule is C[n+]1ccn(C(=O)OC(C)(C)CF)c1. The Hall–Kier alpha value is -1.39. The lowest BCUT2D eigenvalue weighted by atomic mass is 10.2. The Bertz CT molecular complexity index is 333. The highest BCUT2D eigenvalue weighted by atomic mass is 19.1. The molecule has 1 rings (SSSR count). The van der Waals surface area contributed by atoms with Crippen molar-refractivity contribution in [2.45, 2.75) is 19.4 Å². The van der Waals surface area contributed by atoms with Crippen LogP contribution in [0.15, 0.2) is 18.7 Å². The molecule has 0 saturated heterocycles. The Morgan fingerprint density at radius 1 is 1.64 bits per heavy atom. The zero-order valence-corrected chi connectivity index (χ0v) is 8.53. The van der Waals surface area contributed by atoms with E-state index in [-0.39, 0.29) is 0 Å². The number of aryl methyl sites for hydroxylation is 1. The number of hydrogen-bond acceptors (Lipinski definition) is 2. The fourth-order valence-electron chi connectivity index (χ4n) is 0.875. The summed E-state index contributed by atoms with van der Waals surface area (Å²) in [6, 6.07) is 0. The van der Waals surface area contributed by atoms with Crippen LogP contribution in [0.3, 0.4) is 0 Å². The predicted octanol–water partition coefficient (Wildman–Crippen LogP) is 1.05. The lowest BCUT2D eigenvalue weighted by Crippen LogP contribution is -2.33. The fraction of sp³-hybridized carbons (Fsp3) is 0.556. The van der Waals surface area contributed by atoms with Gasteiger partial charge in [-0.25, -0.2) is 8.96 Å². The van der Waals surface area contributed by atoms with E-state index < -0.39 is 18.4 Å². The molecule has 1 heterocycles. The van der Waals surface area contributed by atoms with E-state index in [9.17, 15) is 9.18 Å². The second-order valence-electron chi connectivity index (χ2n) is 3.75. The van der Waals surface area contributed by atoms with Crippen LogP contribution in [0, 0.1) is 0 Å². The van der Waals surface area contributed by atoms with Gasteiger partial charge < -0.3 is 4.74 Å². The average molecular weight is 201 g/mol. The molecule has 0 amide bonds. The molecule has 0 radical (unpaired) electrons. The Kier molecular flexibility index (Phi) is 2.88. The molecule has 14 heavy (non-hydrogen) atoms. The first-order chi connectivity index (χ1) is 6.44. The monoisotopic (exact) mass is 201 g/mol. The van der Waals surface area contributed by atoms with Gasteiger partial charge in [0, 0.05) is 0 Å². The minimum absolute atomic E-state index is 0.576. The number of ether oxygens (including phenoxy) is 1. The minimum atomic E-state index is -1.07. The van der Waals surface area contributed by atoms with Crippen LogP contribution in [0.5, 0.6) is 0 Å². The lowest BCUT2D eigenvalue weighted by Gasteiger charge is -2.18. The van der Waals surface area contributed by atoms with Crippen LogP contribution in [0.25, 0.3) is 0 Å². The standard InChI is InChI=1S/C9H14FN2O2/c1-9(2,6-10)14-8(13)12-5-4-11(3)7-12/h4-5,7H,6H2,1-3H3/q+1. The highest BCUT2D eigenvalue weighted by molar-refractivity contribution is 5.70. The summed E-state index contributed by atoms with van der Waals surface area (Å²) in [7, 11) is 1.78. The first kappa shape index (κ1) is 10.7. The van der Waals surface area contributed by atoms with Crippen LogP contribution in [0.4, 0.5) is 9.18 Å². The number of halogens is 1. The molecule has 1 aromatic heterocycles. The summed E-state index contributed by atoms with van der Waals surface area (Å²) in [5, 5.41) is 0. The van der Waals surface area contributed by atoms with Crippen LogP contribution < -0.4 is 4.57 Å². The van der Waals surface area contributed by atoms with E-state index in [0.29, 0.717) is 0 Å². The molecule has 0 aliphatic rings. The number of alkyl halides is 1. The Morgan fingerprint density at radius 3 is 2.71 bits per heavy atom. The third kappa shape index (κ3) is 2.55.